The molecule has 0 saturated heterocycles. The second-order valence-electron chi connectivity index (χ2n) is 6.43. The zero-order valence-electron chi connectivity index (χ0n) is 15.7. The number of rotatable bonds is 5. The van der Waals surface area contributed by atoms with E-state index >= 15 is 0 Å². The predicted molar refractivity (Wildman–Crippen MR) is 101 cm³/mol. The van der Waals surface area contributed by atoms with Gasteiger partial charge in [0.15, 0.2) is 0 Å². The minimum Gasteiger partial charge on any atom is -0.489 e. The molecule has 5 nitrogen and oxygen atoms in total. The lowest BCUT2D eigenvalue weighted by molar-refractivity contribution is 0.102. The molecule has 0 aliphatic rings. The van der Waals surface area contributed by atoms with Crippen molar-refractivity contribution in [3.05, 3.63) is 75.9 Å². The summed E-state index contributed by atoms with van der Waals surface area (Å²) >= 11 is 0. The van der Waals surface area contributed by atoms with Crippen LogP contribution in [0.1, 0.15) is 38.5 Å². The fraction of sp³-hybridized carbons (Fsp3) is 0.238. The molecule has 0 aliphatic carbocycles. The average molecular weight is 368 g/mol. The Hall–Kier alpha value is -3.15. The fourth-order valence-corrected chi connectivity index (χ4v) is 2.71. The third-order valence-corrected chi connectivity index (χ3v) is 4.60. The highest BCUT2D eigenvalue weighted by atomic mass is 19.1. The molecule has 1 heterocycles. The molecule has 1 amide bonds. The summed E-state index contributed by atoms with van der Waals surface area (Å²) in [5, 5.41) is 6.61. The zero-order valence-corrected chi connectivity index (χ0v) is 15.7. The van der Waals surface area contributed by atoms with E-state index in [1.807, 2.05) is 32.9 Å². The lowest BCUT2D eigenvalue weighted by atomic mass is 10.1. The van der Waals surface area contributed by atoms with Crippen molar-refractivity contribution >= 4 is 11.6 Å². The molecule has 0 spiro atoms. The smallest absolute Gasteiger partial charge is 0.258 e. The molecule has 0 bridgehead atoms. The minimum absolute atomic E-state index is 0.0411. The van der Waals surface area contributed by atoms with Crippen LogP contribution in [0.5, 0.6) is 5.75 Å². The van der Waals surface area contributed by atoms with Crippen LogP contribution >= 0.6 is 0 Å². The van der Waals surface area contributed by atoms with E-state index in [2.05, 4.69) is 10.5 Å². The molecular weight excluding hydrogens is 347 g/mol. The van der Waals surface area contributed by atoms with Crippen LogP contribution in [0.4, 0.5) is 10.1 Å². The first-order valence-corrected chi connectivity index (χ1v) is 8.58. The van der Waals surface area contributed by atoms with Gasteiger partial charge in [0.2, 0.25) is 0 Å². The Kier molecular flexibility index (Phi) is 5.26. The van der Waals surface area contributed by atoms with Crippen molar-refractivity contribution in [2.24, 2.45) is 0 Å². The maximum absolute atomic E-state index is 14.4. The van der Waals surface area contributed by atoms with E-state index in [4.69, 9.17) is 9.26 Å². The van der Waals surface area contributed by atoms with Crippen molar-refractivity contribution in [2.45, 2.75) is 34.3 Å². The number of aromatic nitrogens is 1. The Morgan fingerprint density at radius 1 is 1.19 bits per heavy atom. The lowest BCUT2D eigenvalue weighted by Crippen LogP contribution is -2.15. The molecule has 0 saturated carbocycles. The van der Waals surface area contributed by atoms with E-state index in [1.165, 1.54) is 12.1 Å². The number of nitrogens with zero attached hydrogens (tertiary/aromatic N) is 1. The maximum Gasteiger partial charge on any atom is 0.258 e. The van der Waals surface area contributed by atoms with Gasteiger partial charge in [-0.1, -0.05) is 17.3 Å². The Balaban J connectivity index is 1.72. The first-order valence-electron chi connectivity index (χ1n) is 8.58. The van der Waals surface area contributed by atoms with E-state index in [0.29, 0.717) is 17.2 Å². The van der Waals surface area contributed by atoms with Gasteiger partial charge in [0.05, 0.1) is 16.8 Å². The summed E-state index contributed by atoms with van der Waals surface area (Å²) in [5.41, 5.74) is 4.19. The topological polar surface area (TPSA) is 64.4 Å². The van der Waals surface area contributed by atoms with Gasteiger partial charge in [-0.25, -0.2) is 4.39 Å². The summed E-state index contributed by atoms with van der Waals surface area (Å²) in [7, 11) is 0. The van der Waals surface area contributed by atoms with Gasteiger partial charge in [-0.2, -0.15) is 0 Å². The fourth-order valence-electron chi connectivity index (χ4n) is 2.71. The van der Waals surface area contributed by atoms with Gasteiger partial charge < -0.3 is 14.6 Å². The van der Waals surface area contributed by atoms with E-state index in [1.54, 1.807) is 19.1 Å². The van der Waals surface area contributed by atoms with E-state index in [-0.39, 0.29) is 12.2 Å². The molecule has 0 atom stereocenters. The van der Waals surface area contributed by atoms with Crippen LogP contribution in [0.2, 0.25) is 0 Å². The Morgan fingerprint density at radius 2 is 1.96 bits per heavy atom. The Bertz CT molecular complexity index is 976. The first kappa shape index (κ1) is 18.6. The summed E-state index contributed by atoms with van der Waals surface area (Å²) < 4.78 is 25.1. The molecule has 0 radical (unpaired) electrons. The monoisotopic (exact) mass is 368 g/mol. The Morgan fingerprint density at radius 3 is 2.63 bits per heavy atom. The second kappa shape index (κ2) is 7.61. The van der Waals surface area contributed by atoms with Gasteiger partial charge in [-0.05, 0) is 57.0 Å². The van der Waals surface area contributed by atoms with Gasteiger partial charge in [0.1, 0.15) is 23.9 Å². The van der Waals surface area contributed by atoms with E-state index < -0.39 is 11.7 Å². The highest BCUT2D eigenvalue weighted by Gasteiger charge is 2.15. The number of hydrogen-bond acceptors (Lipinski definition) is 4. The molecule has 2 aromatic carbocycles. The molecule has 3 aromatic rings. The number of aryl methyl sites for hydroxylation is 3. The standard InChI is InChI=1S/C21H21FN2O3/c1-12-6-5-7-20(13(12)2)23-21(25)17-9-8-16(10-19(17)22)26-11-18-14(3)24-27-15(18)4/h5-10H,11H2,1-4H3,(H,23,25). The van der Waals surface area contributed by atoms with Crippen LogP contribution in [0.15, 0.2) is 40.9 Å². The number of hydrogen-bond donors (Lipinski definition) is 1. The van der Waals surface area contributed by atoms with Crippen molar-refractivity contribution in [3.8, 4) is 5.75 Å². The molecule has 0 unspecified atom stereocenters. The summed E-state index contributed by atoms with van der Waals surface area (Å²) in [6.45, 7) is 7.69. The summed E-state index contributed by atoms with van der Waals surface area (Å²) in [6, 6.07) is 9.78. The number of amides is 1. The largest absolute Gasteiger partial charge is 0.489 e. The predicted octanol–water partition coefficient (Wildman–Crippen LogP) is 4.88. The van der Waals surface area contributed by atoms with Gasteiger partial charge >= 0.3 is 0 Å². The van der Waals surface area contributed by atoms with Crippen LogP contribution in [0.3, 0.4) is 0 Å². The van der Waals surface area contributed by atoms with Crippen LogP contribution in [0.25, 0.3) is 0 Å². The van der Waals surface area contributed by atoms with Gasteiger partial charge in [0, 0.05) is 11.8 Å². The van der Waals surface area contributed by atoms with Crippen molar-refractivity contribution in [1.29, 1.82) is 0 Å². The SMILES string of the molecule is Cc1cccc(NC(=O)c2ccc(OCc3c(C)noc3C)cc2F)c1C. The van der Waals surface area contributed by atoms with Gasteiger partial charge in [-0.15, -0.1) is 0 Å². The third-order valence-electron chi connectivity index (χ3n) is 4.60. The molecule has 1 N–H and O–H groups in total. The Labute approximate surface area is 157 Å². The second-order valence-corrected chi connectivity index (χ2v) is 6.43. The highest BCUT2D eigenvalue weighted by Crippen LogP contribution is 2.23. The number of anilines is 1. The van der Waals surface area contributed by atoms with Crippen LogP contribution in [-0.2, 0) is 6.61 Å². The number of carbonyl (C=O) groups is 1. The van der Waals surface area contributed by atoms with Crippen molar-refractivity contribution < 1.29 is 18.4 Å². The molecule has 3 rings (SSSR count). The molecule has 1 aromatic heterocycles. The molecule has 6 heteroatoms. The maximum atomic E-state index is 14.4. The number of ether oxygens (including phenoxy) is 1. The van der Waals surface area contributed by atoms with Gasteiger partial charge in [-0.3, -0.25) is 4.79 Å². The third kappa shape index (κ3) is 4.00. The molecule has 140 valence electrons. The van der Waals surface area contributed by atoms with Crippen molar-refractivity contribution in [1.82, 2.24) is 5.16 Å². The summed E-state index contributed by atoms with van der Waals surface area (Å²) in [6.07, 6.45) is 0. The number of carbonyl (C=O) groups excluding carboxylic acids is 1. The van der Waals surface area contributed by atoms with Crippen molar-refractivity contribution in [2.75, 3.05) is 5.32 Å². The van der Waals surface area contributed by atoms with Crippen molar-refractivity contribution in [3.63, 3.8) is 0 Å². The van der Waals surface area contributed by atoms with Crippen LogP contribution < -0.4 is 10.1 Å². The molecular formula is C21H21FN2O3. The quantitative estimate of drug-likeness (QED) is 0.697. The number of nitrogens with one attached hydrogen (secondary N) is 1. The summed E-state index contributed by atoms with van der Waals surface area (Å²) in [4.78, 5) is 12.4. The lowest BCUT2D eigenvalue weighted by Gasteiger charge is -2.12. The first-order chi connectivity index (χ1) is 12.9. The average Bonchev–Trinajstić information content (AvgIpc) is 2.95. The van der Waals surface area contributed by atoms with Crippen LogP contribution in [-0.4, -0.2) is 11.1 Å². The zero-order chi connectivity index (χ0) is 19.6. The summed E-state index contributed by atoms with van der Waals surface area (Å²) in [5.74, 6) is -0.152. The normalized spacial score (nSPS) is 10.7. The molecule has 0 aliphatic heterocycles. The molecule has 27 heavy (non-hydrogen) atoms. The highest BCUT2D eigenvalue weighted by molar-refractivity contribution is 6.05. The van der Waals surface area contributed by atoms with Gasteiger partial charge in [0.25, 0.3) is 5.91 Å². The van der Waals surface area contributed by atoms with Crippen LogP contribution in [0, 0.1) is 33.5 Å². The molecule has 0 fully saturated rings. The van der Waals surface area contributed by atoms with E-state index in [0.717, 1.165) is 22.4 Å². The minimum atomic E-state index is -0.644. The number of benzene rings is 2. The van der Waals surface area contributed by atoms with E-state index in [9.17, 15) is 9.18 Å². The number of halogens is 1.